The minimum Gasteiger partial charge on any atom is -0.368 e. The Hall–Kier alpha value is -1.28. The molecule has 0 atom stereocenters. The van der Waals surface area contributed by atoms with Crippen molar-refractivity contribution in [2.24, 2.45) is 0 Å². The molecule has 2 aromatic rings. The lowest BCUT2D eigenvalue weighted by Gasteiger charge is -2.37. The Labute approximate surface area is 127 Å². The number of hydrogen-bond donors (Lipinski definition) is 1. The first-order valence-corrected chi connectivity index (χ1v) is 8.52. The molecule has 0 amide bonds. The van der Waals surface area contributed by atoms with Crippen molar-refractivity contribution in [3.05, 3.63) is 35.0 Å². The first-order chi connectivity index (χ1) is 10.3. The van der Waals surface area contributed by atoms with E-state index in [2.05, 4.69) is 44.0 Å². The molecule has 0 spiro atoms. The van der Waals surface area contributed by atoms with Crippen LogP contribution in [0.5, 0.6) is 0 Å². The standard InChI is InChI=1S/C19H27NO/c1-4-11-19(12-5-2)18-16(10-13-21-19)15-9-7-8-14(6-3)17(15)20-18/h7-9,20H,4-6,10-13H2,1-3H3. The predicted octanol–water partition coefficient (Wildman–Crippen LogP) is 5.10. The highest BCUT2D eigenvalue weighted by atomic mass is 16.5. The summed E-state index contributed by atoms with van der Waals surface area (Å²) >= 11 is 0. The second kappa shape index (κ2) is 5.84. The lowest BCUT2D eigenvalue weighted by atomic mass is 9.84. The van der Waals surface area contributed by atoms with Gasteiger partial charge < -0.3 is 9.72 Å². The topological polar surface area (TPSA) is 25.0 Å². The van der Waals surface area contributed by atoms with Crippen LogP contribution in [0.2, 0.25) is 0 Å². The highest BCUT2D eigenvalue weighted by Crippen LogP contribution is 2.43. The van der Waals surface area contributed by atoms with E-state index in [1.165, 1.54) is 27.7 Å². The second-order valence-electron chi connectivity index (χ2n) is 6.26. The van der Waals surface area contributed by atoms with Crippen LogP contribution in [-0.4, -0.2) is 11.6 Å². The third-order valence-electron chi connectivity index (χ3n) is 4.90. The van der Waals surface area contributed by atoms with Crippen molar-refractivity contribution in [1.82, 2.24) is 4.98 Å². The van der Waals surface area contributed by atoms with Crippen LogP contribution in [-0.2, 0) is 23.2 Å². The Morgan fingerprint density at radius 3 is 2.57 bits per heavy atom. The van der Waals surface area contributed by atoms with E-state index < -0.39 is 0 Å². The summed E-state index contributed by atoms with van der Waals surface area (Å²) in [6, 6.07) is 6.72. The highest BCUT2D eigenvalue weighted by molar-refractivity contribution is 5.88. The number of aromatic amines is 1. The number of aryl methyl sites for hydroxylation is 1. The highest BCUT2D eigenvalue weighted by Gasteiger charge is 2.38. The fraction of sp³-hybridized carbons (Fsp3) is 0.579. The van der Waals surface area contributed by atoms with Crippen LogP contribution in [0.1, 0.15) is 63.3 Å². The normalized spacial score (nSPS) is 17.1. The fourth-order valence-corrected chi connectivity index (χ4v) is 4.03. The van der Waals surface area contributed by atoms with E-state index in [1.807, 2.05) is 0 Å². The molecule has 0 unspecified atom stereocenters. The fourth-order valence-electron chi connectivity index (χ4n) is 4.03. The molecular formula is C19H27NO. The van der Waals surface area contributed by atoms with Gasteiger partial charge in [-0.2, -0.15) is 0 Å². The van der Waals surface area contributed by atoms with Crippen LogP contribution in [0.4, 0.5) is 0 Å². The van der Waals surface area contributed by atoms with Gasteiger partial charge in [0.1, 0.15) is 5.60 Å². The van der Waals surface area contributed by atoms with Gasteiger partial charge in [-0.25, -0.2) is 0 Å². The number of nitrogens with one attached hydrogen (secondary N) is 1. The van der Waals surface area contributed by atoms with E-state index in [4.69, 9.17) is 4.74 Å². The maximum Gasteiger partial charge on any atom is 0.108 e. The zero-order valence-electron chi connectivity index (χ0n) is 13.6. The maximum absolute atomic E-state index is 6.34. The number of hydrogen-bond acceptors (Lipinski definition) is 1. The molecule has 114 valence electrons. The van der Waals surface area contributed by atoms with E-state index in [0.29, 0.717) is 0 Å². The maximum atomic E-state index is 6.34. The molecule has 0 saturated carbocycles. The summed E-state index contributed by atoms with van der Waals surface area (Å²) in [5, 5.41) is 1.42. The van der Waals surface area contributed by atoms with Crippen molar-refractivity contribution >= 4 is 10.9 Å². The van der Waals surface area contributed by atoms with Gasteiger partial charge in [0.05, 0.1) is 12.3 Å². The van der Waals surface area contributed by atoms with Gasteiger partial charge in [0, 0.05) is 10.9 Å². The van der Waals surface area contributed by atoms with Crippen LogP contribution < -0.4 is 0 Å². The van der Waals surface area contributed by atoms with Gasteiger partial charge >= 0.3 is 0 Å². The molecule has 21 heavy (non-hydrogen) atoms. The lowest BCUT2D eigenvalue weighted by molar-refractivity contribution is -0.0760. The number of ether oxygens (including phenoxy) is 1. The van der Waals surface area contributed by atoms with Crippen molar-refractivity contribution in [2.75, 3.05) is 6.61 Å². The Balaban J connectivity index is 2.21. The van der Waals surface area contributed by atoms with Gasteiger partial charge in [0.2, 0.25) is 0 Å². The van der Waals surface area contributed by atoms with Gasteiger partial charge in [-0.15, -0.1) is 0 Å². The number of fused-ring (bicyclic) bond motifs is 3. The molecule has 1 aliphatic heterocycles. The predicted molar refractivity (Wildman–Crippen MR) is 88.8 cm³/mol. The number of benzene rings is 1. The van der Waals surface area contributed by atoms with E-state index in [9.17, 15) is 0 Å². The molecule has 1 aliphatic rings. The quantitative estimate of drug-likeness (QED) is 0.812. The average Bonchev–Trinajstić information content (AvgIpc) is 2.88. The monoisotopic (exact) mass is 285 g/mol. The number of rotatable bonds is 5. The van der Waals surface area contributed by atoms with Gasteiger partial charge in [-0.3, -0.25) is 0 Å². The number of H-pyrrole nitrogens is 1. The van der Waals surface area contributed by atoms with Crippen molar-refractivity contribution in [2.45, 2.75) is 64.9 Å². The minimum atomic E-state index is -0.0822. The molecule has 2 heterocycles. The Kier molecular flexibility index (Phi) is 4.08. The van der Waals surface area contributed by atoms with E-state index in [0.717, 1.165) is 45.1 Å². The van der Waals surface area contributed by atoms with Crippen molar-refractivity contribution < 1.29 is 4.74 Å². The molecule has 2 heteroatoms. The summed E-state index contributed by atoms with van der Waals surface area (Å²) in [4.78, 5) is 3.77. The molecule has 0 radical (unpaired) electrons. The Morgan fingerprint density at radius 1 is 1.14 bits per heavy atom. The molecule has 0 bridgehead atoms. The van der Waals surface area contributed by atoms with Gasteiger partial charge in [0.15, 0.2) is 0 Å². The van der Waals surface area contributed by atoms with Gasteiger partial charge in [-0.05, 0) is 36.8 Å². The van der Waals surface area contributed by atoms with E-state index in [1.54, 1.807) is 0 Å². The third-order valence-corrected chi connectivity index (χ3v) is 4.90. The molecular weight excluding hydrogens is 258 g/mol. The molecule has 0 aliphatic carbocycles. The summed E-state index contributed by atoms with van der Waals surface area (Å²) in [5.74, 6) is 0. The number of aromatic nitrogens is 1. The van der Waals surface area contributed by atoms with E-state index >= 15 is 0 Å². The zero-order valence-corrected chi connectivity index (χ0v) is 13.6. The molecule has 1 N–H and O–H groups in total. The van der Waals surface area contributed by atoms with Gasteiger partial charge in [-0.1, -0.05) is 51.8 Å². The summed E-state index contributed by atoms with van der Waals surface area (Å²) < 4.78 is 6.34. The average molecular weight is 285 g/mol. The molecule has 1 aromatic heterocycles. The van der Waals surface area contributed by atoms with Crippen LogP contribution in [0.25, 0.3) is 10.9 Å². The summed E-state index contributed by atoms with van der Waals surface area (Å²) in [5.41, 5.74) is 5.55. The van der Waals surface area contributed by atoms with Crippen molar-refractivity contribution in [3.8, 4) is 0 Å². The first kappa shape index (κ1) is 14.6. The van der Waals surface area contributed by atoms with E-state index in [-0.39, 0.29) is 5.60 Å². The molecule has 3 rings (SSSR count). The van der Waals surface area contributed by atoms with Crippen LogP contribution >= 0.6 is 0 Å². The lowest BCUT2D eigenvalue weighted by Crippen LogP contribution is -2.35. The molecule has 0 fully saturated rings. The summed E-state index contributed by atoms with van der Waals surface area (Å²) in [6.45, 7) is 7.61. The molecule has 2 nitrogen and oxygen atoms in total. The second-order valence-corrected chi connectivity index (χ2v) is 6.26. The van der Waals surface area contributed by atoms with Crippen LogP contribution in [0.15, 0.2) is 18.2 Å². The molecule has 0 saturated heterocycles. The Bertz CT molecular complexity index is 620. The first-order valence-electron chi connectivity index (χ1n) is 8.52. The largest absolute Gasteiger partial charge is 0.368 e. The zero-order chi connectivity index (χ0) is 14.9. The van der Waals surface area contributed by atoms with Crippen molar-refractivity contribution in [3.63, 3.8) is 0 Å². The molecule has 1 aromatic carbocycles. The Morgan fingerprint density at radius 2 is 1.90 bits per heavy atom. The summed E-state index contributed by atoms with van der Waals surface area (Å²) in [7, 11) is 0. The van der Waals surface area contributed by atoms with Gasteiger partial charge in [0.25, 0.3) is 0 Å². The third kappa shape index (κ3) is 2.30. The smallest absolute Gasteiger partial charge is 0.108 e. The minimum absolute atomic E-state index is 0.0822. The summed E-state index contributed by atoms with van der Waals surface area (Å²) in [6.07, 6.45) is 6.67. The SMILES string of the molecule is CCCC1(CCC)OCCc2c1[nH]c1c(CC)cccc21. The van der Waals surface area contributed by atoms with Crippen molar-refractivity contribution in [1.29, 1.82) is 0 Å². The van der Waals surface area contributed by atoms with Crippen LogP contribution in [0, 0.1) is 0 Å². The number of para-hydroxylation sites is 1. The van der Waals surface area contributed by atoms with Crippen LogP contribution in [0.3, 0.4) is 0 Å².